The predicted octanol–water partition coefficient (Wildman–Crippen LogP) is 2.01. The molecule has 0 atom stereocenters. The second kappa shape index (κ2) is 4.27. The van der Waals surface area contributed by atoms with Crippen molar-refractivity contribution in [1.82, 2.24) is 10.2 Å². The van der Waals surface area contributed by atoms with E-state index in [1.165, 1.54) is 23.1 Å². The standard InChI is InChI=1S/C8H12N2O2S2/c1-8(2,3)6-9-10-7(14-6)13-4-5(11)12/h4H2,1-3H3,(H,11,12). The van der Waals surface area contributed by atoms with Crippen molar-refractivity contribution >= 4 is 29.1 Å². The van der Waals surface area contributed by atoms with Crippen LogP contribution in [0.4, 0.5) is 0 Å². The molecule has 1 aromatic rings. The van der Waals surface area contributed by atoms with Gasteiger partial charge in [0, 0.05) is 5.41 Å². The van der Waals surface area contributed by atoms with Crippen molar-refractivity contribution in [1.29, 1.82) is 0 Å². The first kappa shape index (κ1) is 11.5. The molecule has 0 bridgehead atoms. The van der Waals surface area contributed by atoms with Crippen LogP contribution in [0, 0.1) is 0 Å². The van der Waals surface area contributed by atoms with Crippen LogP contribution >= 0.6 is 23.1 Å². The molecule has 14 heavy (non-hydrogen) atoms. The van der Waals surface area contributed by atoms with Gasteiger partial charge in [-0.2, -0.15) is 0 Å². The molecule has 1 N–H and O–H groups in total. The molecule has 0 spiro atoms. The van der Waals surface area contributed by atoms with E-state index in [1.54, 1.807) is 0 Å². The number of rotatable bonds is 3. The smallest absolute Gasteiger partial charge is 0.313 e. The molecule has 6 heteroatoms. The second-order valence-electron chi connectivity index (χ2n) is 3.81. The molecule has 1 rings (SSSR count). The van der Waals surface area contributed by atoms with Gasteiger partial charge in [0.1, 0.15) is 5.01 Å². The Hall–Kier alpha value is -0.620. The van der Waals surface area contributed by atoms with E-state index < -0.39 is 5.97 Å². The number of aliphatic carboxylic acids is 1. The van der Waals surface area contributed by atoms with Crippen LogP contribution in [0.5, 0.6) is 0 Å². The Kier molecular flexibility index (Phi) is 3.49. The molecule has 0 saturated heterocycles. The predicted molar refractivity (Wildman–Crippen MR) is 57.0 cm³/mol. The lowest BCUT2D eigenvalue weighted by Crippen LogP contribution is -2.10. The molecule has 0 aliphatic heterocycles. The van der Waals surface area contributed by atoms with Gasteiger partial charge >= 0.3 is 5.97 Å². The van der Waals surface area contributed by atoms with E-state index in [2.05, 4.69) is 31.0 Å². The van der Waals surface area contributed by atoms with Crippen LogP contribution < -0.4 is 0 Å². The van der Waals surface area contributed by atoms with Crippen molar-refractivity contribution in [3.8, 4) is 0 Å². The minimum absolute atomic E-state index is 0.0142. The summed E-state index contributed by atoms with van der Waals surface area (Å²) in [6, 6.07) is 0. The van der Waals surface area contributed by atoms with E-state index in [4.69, 9.17) is 5.11 Å². The highest BCUT2D eigenvalue weighted by Crippen LogP contribution is 2.29. The zero-order valence-corrected chi connectivity index (χ0v) is 9.91. The molecular weight excluding hydrogens is 220 g/mol. The van der Waals surface area contributed by atoms with Crippen molar-refractivity contribution in [2.45, 2.75) is 30.5 Å². The van der Waals surface area contributed by atoms with Gasteiger partial charge in [-0.1, -0.05) is 43.9 Å². The maximum atomic E-state index is 10.3. The Morgan fingerprint density at radius 1 is 1.50 bits per heavy atom. The van der Waals surface area contributed by atoms with Gasteiger partial charge in [-0.3, -0.25) is 4.79 Å². The summed E-state index contributed by atoms with van der Waals surface area (Å²) in [7, 11) is 0. The number of carboxylic acid groups (broad SMARTS) is 1. The van der Waals surface area contributed by atoms with Gasteiger partial charge < -0.3 is 5.11 Å². The Bertz CT molecular complexity index is 330. The molecule has 0 radical (unpaired) electrons. The van der Waals surface area contributed by atoms with Gasteiger partial charge in [-0.05, 0) is 0 Å². The lowest BCUT2D eigenvalue weighted by molar-refractivity contribution is -0.133. The third-order valence-electron chi connectivity index (χ3n) is 1.37. The molecule has 0 saturated carbocycles. The lowest BCUT2D eigenvalue weighted by Gasteiger charge is -2.12. The number of hydrogen-bond acceptors (Lipinski definition) is 5. The molecule has 0 aliphatic carbocycles. The quantitative estimate of drug-likeness (QED) is 0.808. The van der Waals surface area contributed by atoms with Gasteiger partial charge in [0.2, 0.25) is 0 Å². The number of carboxylic acids is 1. The summed E-state index contributed by atoms with van der Waals surface area (Å²) in [4.78, 5) is 10.3. The van der Waals surface area contributed by atoms with E-state index in [9.17, 15) is 4.79 Å². The maximum Gasteiger partial charge on any atom is 0.313 e. The second-order valence-corrected chi connectivity index (χ2v) is 6.01. The van der Waals surface area contributed by atoms with E-state index in [1.807, 2.05) is 0 Å². The fourth-order valence-electron chi connectivity index (χ4n) is 0.695. The third-order valence-corrected chi connectivity index (χ3v) is 3.83. The molecule has 1 heterocycles. The summed E-state index contributed by atoms with van der Waals surface area (Å²) in [6.07, 6.45) is 0. The maximum absolute atomic E-state index is 10.3. The van der Waals surface area contributed by atoms with Gasteiger partial charge in [-0.25, -0.2) is 0 Å². The number of thioether (sulfide) groups is 1. The molecule has 0 aliphatic rings. The summed E-state index contributed by atoms with van der Waals surface area (Å²) in [6.45, 7) is 6.16. The highest BCUT2D eigenvalue weighted by Gasteiger charge is 2.19. The van der Waals surface area contributed by atoms with Crippen molar-refractivity contribution in [2.24, 2.45) is 0 Å². The molecule has 0 aromatic carbocycles. The SMILES string of the molecule is CC(C)(C)c1nnc(SCC(=O)O)s1. The highest BCUT2D eigenvalue weighted by atomic mass is 32.2. The Morgan fingerprint density at radius 3 is 2.57 bits per heavy atom. The minimum atomic E-state index is -0.831. The van der Waals surface area contributed by atoms with Crippen molar-refractivity contribution in [3.63, 3.8) is 0 Å². The molecule has 0 amide bonds. The Labute approximate surface area is 90.7 Å². The van der Waals surface area contributed by atoms with Crippen LogP contribution in [-0.4, -0.2) is 27.0 Å². The van der Waals surface area contributed by atoms with Gasteiger partial charge in [0.05, 0.1) is 5.75 Å². The van der Waals surface area contributed by atoms with E-state index >= 15 is 0 Å². The van der Waals surface area contributed by atoms with E-state index in [-0.39, 0.29) is 11.2 Å². The number of carbonyl (C=O) groups is 1. The van der Waals surface area contributed by atoms with Crippen molar-refractivity contribution in [2.75, 3.05) is 5.75 Å². The number of nitrogens with zero attached hydrogens (tertiary/aromatic N) is 2. The Morgan fingerprint density at radius 2 is 2.14 bits per heavy atom. The average Bonchev–Trinajstić information content (AvgIpc) is 2.47. The van der Waals surface area contributed by atoms with Gasteiger partial charge in [0.25, 0.3) is 0 Å². The van der Waals surface area contributed by atoms with Crippen LogP contribution in [-0.2, 0) is 10.2 Å². The van der Waals surface area contributed by atoms with Crippen LogP contribution in [0.1, 0.15) is 25.8 Å². The zero-order valence-electron chi connectivity index (χ0n) is 8.27. The molecule has 4 nitrogen and oxygen atoms in total. The van der Waals surface area contributed by atoms with Crippen LogP contribution in [0.2, 0.25) is 0 Å². The van der Waals surface area contributed by atoms with Gasteiger partial charge in [-0.15, -0.1) is 10.2 Å². The topological polar surface area (TPSA) is 63.1 Å². The fraction of sp³-hybridized carbons (Fsp3) is 0.625. The average molecular weight is 232 g/mol. The molecule has 78 valence electrons. The summed E-state index contributed by atoms with van der Waals surface area (Å²) in [5, 5.41) is 17.4. The molecule has 0 unspecified atom stereocenters. The largest absolute Gasteiger partial charge is 0.481 e. The van der Waals surface area contributed by atoms with Crippen molar-refractivity contribution < 1.29 is 9.90 Å². The van der Waals surface area contributed by atoms with E-state index in [0.717, 1.165) is 9.35 Å². The first-order valence-corrected chi connectivity index (χ1v) is 5.88. The summed E-state index contributed by atoms with van der Waals surface area (Å²) in [5.74, 6) is -0.791. The fourth-order valence-corrected chi connectivity index (χ4v) is 2.32. The normalized spacial score (nSPS) is 11.6. The number of aromatic nitrogens is 2. The van der Waals surface area contributed by atoms with Gasteiger partial charge in [0.15, 0.2) is 4.34 Å². The zero-order chi connectivity index (χ0) is 10.8. The lowest BCUT2D eigenvalue weighted by atomic mass is 9.98. The van der Waals surface area contributed by atoms with Crippen LogP contribution in [0.25, 0.3) is 0 Å². The van der Waals surface area contributed by atoms with Crippen LogP contribution in [0.3, 0.4) is 0 Å². The summed E-state index contributed by atoms with van der Waals surface area (Å²) < 4.78 is 0.720. The minimum Gasteiger partial charge on any atom is -0.481 e. The third kappa shape index (κ3) is 3.26. The summed E-state index contributed by atoms with van der Waals surface area (Å²) in [5.41, 5.74) is -0.0142. The Balaban J connectivity index is 2.64. The van der Waals surface area contributed by atoms with Crippen LogP contribution in [0.15, 0.2) is 4.34 Å². The first-order chi connectivity index (χ1) is 6.39. The highest BCUT2D eigenvalue weighted by molar-refractivity contribution is 8.01. The molecular formula is C8H12N2O2S2. The molecule has 1 aromatic heterocycles. The van der Waals surface area contributed by atoms with E-state index in [0.29, 0.717) is 0 Å². The summed E-state index contributed by atoms with van der Waals surface area (Å²) >= 11 is 2.67. The molecule has 0 fully saturated rings. The monoisotopic (exact) mass is 232 g/mol. The number of hydrogen-bond donors (Lipinski definition) is 1. The first-order valence-electron chi connectivity index (χ1n) is 4.08. The van der Waals surface area contributed by atoms with Crippen molar-refractivity contribution in [3.05, 3.63) is 5.01 Å².